The SMILES string of the molecule is Nc1c(C(=O)Nc2ccc(F)cc2Br)cccc1[N+](=O)[O-]. The van der Waals surface area contributed by atoms with E-state index >= 15 is 0 Å². The number of carbonyl (C=O) groups excluding carboxylic acids is 1. The van der Waals surface area contributed by atoms with Crippen LogP contribution in [-0.2, 0) is 0 Å². The minimum atomic E-state index is -0.667. The summed E-state index contributed by atoms with van der Waals surface area (Å²) in [5, 5.41) is 13.3. The summed E-state index contributed by atoms with van der Waals surface area (Å²) in [6.07, 6.45) is 0. The molecule has 0 aliphatic heterocycles. The maximum absolute atomic E-state index is 13.0. The molecule has 0 aliphatic rings. The number of nitrogen functional groups attached to an aromatic ring is 1. The third-order valence-corrected chi connectivity index (χ3v) is 3.36. The first-order valence-corrected chi connectivity index (χ1v) is 6.48. The van der Waals surface area contributed by atoms with Gasteiger partial charge in [-0.05, 0) is 40.2 Å². The van der Waals surface area contributed by atoms with Gasteiger partial charge in [0.1, 0.15) is 11.5 Å². The molecule has 2 aromatic carbocycles. The molecule has 0 unspecified atom stereocenters. The van der Waals surface area contributed by atoms with Crippen molar-refractivity contribution in [3.8, 4) is 0 Å². The van der Waals surface area contributed by atoms with Crippen molar-refractivity contribution in [1.29, 1.82) is 0 Å². The molecule has 0 spiro atoms. The molecule has 1 amide bonds. The molecule has 2 aromatic rings. The highest BCUT2D eigenvalue weighted by Crippen LogP contribution is 2.27. The van der Waals surface area contributed by atoms with Crippen LogP contribution in [0.2, 0.25) is 0 Å². The lowest BCUT2D eigenvalue weighted by molar-refractivity contribution is -0.383. The van der Waals surface area contributed by atoms with Gasteiger partial charge < -0.3 is 11.1 Å². The number of hydrogen-bond donors (Lipinski definition) is 2. The van der Waals surface area contributed by atoms with Crippen LogP contribution in [0.5, 0.6) is 0 Å². The Hall–Kier alpha value is -2.48. The van der Waals surface area contributed by atoms with Crippen LogP contribution in [0.3, 0.4) is 0 Å². The Balaban J connectivity index is 2.33. The number of rotatable bonds is 3. The van der Waals surface area contributed by atoms with Gasteiger partial charge in [-0.3, -0.25) is 14.9 Å². The smallest absolute Gasteiger partial charge is 0.292 e. The van der Waals surface area contributed by atoms with Crippen LogP contribution >= 0.6 is 15.9 Å². The number of nitrogens with zero attached hydrogens (tertiary/aromatic N) is 1. The van der Waals surface area contributed by atoms with E-state index in [2.05, 4.69) is 21.2 Å². The monoisotopic (exact) mass is 353 g/mol. The number of nitrogens with two attached hydrogens (primary N) is 1. The number of halogens is 2. The Kier molecular flexibility index (Phi) is 4.18. The molecule has 6 nitrogen and oxygen atoms in total. The normalized spacial score (nSPS) is 10.2. The van der Waals surface area contributed by atoms with Crippen molar-refractivity contribution >= 4 is 38.9 Å². The van der Waals surface area contributed by atoms with E-state index in [0.29, 0.717) is 10.2 Å². The predicted molar refractivity (Wildman–Crippen MR) is 79.6 cm³/mol. The fourth-order valence-corrected chi connectivity index (χ4v) is 2.14. The average Bonchev–Trinajstić information content (AvgIpc) is 2.41. The molecule has 0 aliphatic carbocycles. The fraction of sp³-hybridized carbons (Fsp3) is 0. The van der Waals surface area contributed by atoms with Gasteiger partial charge >= 0.3 is 0 Å². The number of amides is 1. The molecule has 0 bridgehead atoms. The molecule has 2 rings (SSSR count). The highest BCUT2D eigenvalue weighted by Gasteiger charge is 2.19. The molecule has 0 saturated heterocycles. The molecule has 21 heavy (non-hydrogen) atoms. The van der Waals surface area contributed by atoms with E-state index in [1.165, 1.54) is 36.4 Å². The van der Waals surface area contributed by atoms with Gasteiger partial charge in [-0.25, -0.2) is 4.39 Å². The molecule has 0 saturated carbocycles. The van der Waals surface area contributed by atoms with Crippen LogP contribution in [0.25, 0.3) is 0 Å². The van der Waals surface area contributed by atoms with Crippen LogP contribution in [0.4, 0.5) is 21.5 Å². The summed E-state index contributed by atoms with van der Waals surface area (Å²) in [5.74, 6) is -1.08. The van der Waals surface area contributed by atoms with Crippen molar-refractivity contribution in [3.63, 3.8) is 0 Å². The second kappa shape index (κ2) is 5.88. The number of hydrogen-bond acceptors (Lipinski definition) is 4. The minimum Gasteiger partial charge on any atom is -0.393 e. The largest absolute Gasteiger partial charge is 0.393 e. The third-order valence-electron chi connectivity index (χ3n) is 2.70. The first-order chi connectivity index (χ1) is 9.90. The number of benzene rings is 2. The van der Waals surface area contributed by atoms with Crippen LogP contribution in [0.15, 0.2) is 40.9 Å². The molecule has 3 N–H and O–H groups in total. The van der Waals surface area contributed by atoms with Gasteiger partial charge in [0.2, 0.25) is 0 Å². The van der Waals surface area contributed by atoms with Crippen molar-refractivity contribution in [2.45, 2.75) is 0 Å². The van der Waals surface area contributed by atoms with E-state index in [4.69, 9.17) is 5.73 Å². The lowest BCUT2D eigenvalue weighted by Crippen LogP contribution is -2.15. The first-order valence-electron chi connectivity index (χ1n) is 5.69. The highest BCUT2D eigenvalue weighted by atomic mass is 79.9. The van der Waals surface area contributed by atoms with Crippen LogP contribution < -0.4 is 11.1 Å². The summed E-state index contributed by atoms with van der Waals surface area (Å²) < 4.78 is 13.3. The van der Waals surface area contributed by atoms with E-state index in [9.17, 15) is 19.3 Å². The van der Waals surface area contributed by atoms with Crippen molar-refractivity contribution < 1.29 is 14.1 Å². The number of para-hydroxylation sites is 1. The molecule has 0 fully saturated rings. The summed E-state index contributed by atoms with van der Waals surface area (Å²) in [7, 11) is 0. The van der Waals surface area contributed by atoms with Crippen LogP contribution in [0.1, 0.15) is 10.4 Å². The van der Waals surface area contributed by atoms with Crippen LogP contribution in [-0.4, -0.2) is 10.8 Å². The minimum absolute atomic E-state index is 0.0274. The summed E-state index contributed by atoms with van der Waals surface area (Å²) in [6, 6.07) is 7.67. The average molecular weight is 354 g/mol. The quantitative estimate of drug-likeness (QED) is 0.502. The number of anilines is 2. The predicted octanol–water partition coefficient (Wildman–Crippen LogP) is 3.33. The second-order valence-electron chi connectivity index (χ2n) is 4.07. The Labute approximate surface area is 127 Å². The topological polar surface area (TPSA) is 98.3 Å². The zero-order chi connectivity index (χ0) is 15.6. The van der Waals surface area contributed by atoms with Crippen molar-refractivity contribution in [3.05, 3.63) is 62.4 Å². The summed E-state index contributed by atoms with van der Waals surface area (Å²) in [6.45, 7) is 0. The zero-order valence-electron chi connectivity index (χ0n) is 10.5. The van der Waals surface area contributed by atoms with Crippen LogP contribution in [0, 0.1) is 15.9 Å². The maximum Gasteiger partial charge on any atom is 0.292 e. The molecule has 0 aromatic heterocycles. The molecule has 0 heterocycles. The number of nitrogens with one attached hydrogen (secondary N) is 1. The number of carbonyl (C=O) groups is 1. The lowest BCUT2D eigenvalue weighted by Gasteiger charge is -2.09. The number of nitro groups is 1. The fourth-order valence-electron chi connectivity index (χ4n) is 1.69. The molecule has 0 radical (unpaired) electrons. The number of nitro benzene ring substituents is 1. The van der Waals surface area contributed by atoms with E-state index in [1.54, 1.807) is 0 Å². The highest BCUT2D eigenvalue weighted by molar-refractivity contribution is 9.10. The summed E-state index contributed by atoms with van der Waals surface area (Å²) in [5.41, 5.74) is 5.36. The lowest BCUT2D eigenvalue weighted by atomic mass is 10.1. The van der Waals surface area contributed by atoms with E-state index in [-0.39, 0.29) is 16.9 Å². The Morgan fingerprint density at radius 3 is 2.67 bits per heavy atom. The van der Waals surface area contributed by atoms with Crippen molar-refractivity contribution in [2.24, 2.45) is 0 Å². The Morgan fingerprint density at radius 2 is 2.05 bits per heavy atom. The van der Waals surface area contributed by atoms with Gasteiger partial charge in [-0.1, -0.05) is 6.07 Å². The second-order valence-corrected chi connectivity index (χ2v) is 4.93. The van der Waals surface area contributed by atoms with Gasteiger partial charge in [-0.2, -0.15) is 0 Å². The standard InChI is InChI=1S/C13H9BrFN3O3/c14-9-6-7(15)4-5-10(9)17-13(19)8-2-1-3-11(12(8)16)18(20)21/h1-6H,16H2,(H,17,19). The maximum atomic E-state index is 13.0. The van der Waals surface area contributed by atoms with E-state index < -0.39 is 16.6 Å². The van der Waals surface area contributed by atoms with Crippen molar-refractivity contribution in [1.82, 2.24) is 0 Å². The molecular weight excluding hydrogens is 345 g/mol. The first kappa shape index (κ1) is 14.9. The Bertz CT molecular complexity index is 737. The third kappa shape index (κ3) is 3.16. The molecular formula is C13H9BrFN3O3. The summed E-state index contributed by atoms with van der Waals surface area (Å²) >= 11 is 3.11. The Morgan fingerprint density at radius 1 is 1.33 bits per heavy atom. The van der Waals surface area contributed by atoms with Gasteiger partial charge in [0, 0.05) is 10.5 Å². The summed E-state index contributed by atoms with van der Waals surface area (Å²) in [4.78, 5) is 22.2. The van der Waals surface area contributed by atoms with Gasteiger partial charge in [-0.15, -0.1) is 0 Å². The molecule has 0 atom stereocenters. The van der Waals surface area contributed by atoms with E-state index in [1.807, 2.05) is 0 Å². The van der Waals surface area contributed by atoms with Gasteiger partial charge in [0.05, 0.1) is 16.2 Å². The molecule has 8 heteroatoms. The van der Waals surface area contributed by atoms with E-state index in [0.717, 1.165) is 0 Å². The van der Waals surface area contributed by atoms with Crippen molar-refractivity contribution in [2.75, 3.05) is 11.1 Å². The zero-order valence-corrected chi connectivity index (χ0v) is 12.1. The molecule has 108 valence electrons. The van der Waals surface area contributed by atoms with Gasteiger partial charge in [0.15, 0.2) is 0 Å². The van der Waals surface area contributed by atoms with Gasteiger partial charge in [0.25, 0.3) is 11.6 Å².